The highest BCUT2D eigenvalue weighted by atomic mass is 32.1. The number of benzene rings is 1. The fourth-order valence-corrected chi connectivity index (χ4v) is 4.08. The van der Waals surface area contributed by atoms with Crippen molar-refractivity contribution in [3.05, 3.63) is 41.3 Å². The summed E-state index contributed by atoms with van der Waals surface area (Å²) in [5.41, 5.74) is 4.00. The summed E-state index contributed by atoms with van der Waals surface area (Å²) in [6.45, 7) is 4.62. The summed E-state index contributed by atoms with van der Waals surface area (Å²) in [5, 5.41) is 13.0. The van der Waals surface area contributed by atoms with Crippen LogP contribution in [0.3, 0.4) is 0 Å². The van der Waals surface area contributed by atoms with Crippen molar-refractivity contribution >= 4 is 37.6 Å². The van der Waals surface area contributed by atoms with Crippen LogP contribution in [0, 0.1) is 13.8 Å². The van der Waals surface area contributed by atoms with E-state index in [1.165, 1.54) is 0 Å². The van der Waals surface area contributed by atoms with Crippen LogP contribution >= 0.6 is 11.3 Å². The Morgan fingerprint density at radius 3 is 2.63 bits per heavy atom. The van der Waals surface area contributed by atoms with Gasteiger partial charge in [0.05, 0.1) is 30.1 Å². The lowest BCUT2D eigenvalue weighted by atomic mass is 10.1. The minimum atomic E-state index is 0.602. The first-order chi connectivity index (χ1) is 13.1. The molecule has 0 spiro atoms. The normalized spacial score (nSPS) is 11.1. The molecule has 0 fully saturated rings. The lowest BCUT2D eigenvalue weighted by Crippen LogP contribution is -2.02. The van der Waals surface area contributed by atoms with E-state index in [0.29, 0.717) is 18.0 Å². The van der Waals surface area contributed by atoms with Gasteiger partial charge >= 0.3 is 0 Å². The monoisotopic (exact) mass is 381 g/mol. The molecule has 0 aliphatic carbocycles. The molecular formula is C19H19N5O2S. The Balaban J connectivity index is 1.70. The molecule has 0 saturated carbocycles. The number of hydrogen-bond acceptors (Lipinski definition) is 8. The maximum atomic E-state index is 5.37. The van der Waals surface area contributed by atoms with Crippen molar-refractivity contribution in [2.75, 3.05) is 19.5 Å². The summed E-state index contributed by atoms with van der Waals surface area (Å²) in [6, 6.07) is 5.84. The minimum Gasteiger partial charge on any atom is -0.493 e. The van der Waals surface area contributed by atoms with Gasteiger partial charge in [0.1, 0.15) is 17.0 Å². The van der Waals surface area contributed by atoms with Gasteiger partial charge in [-0.2, -0.15) is 5.10 Å². The van der Waals surface area contributed by atoms with Gasteiger partial charge in [0.15, 0.2) is 11.5 Å². The molecule has 0 saturated heterocycles. The van der Waals surface area contributed by atoms with E-state index in [0.717, 1.165) is 43.1 Å². The zero-order valence-electron chi connectivity index (χ0n) is 15.5. The Hall–Kier alpha value is -3.00. The lowest BCUT2D eigenvalue weighted by molar-refractivity contribution is 0.354. The van der Waals surface area contributed by atoms with Crippen molar-refractivity contribution in [2.24, 2.45) is 0 Å². The molecule has 4 rings (SSSR count). The van der Waals surface area contributed by atoms with Gasteiger partial charge < -0.3 is 14.8 Å². The molecule has 0 bridgehead atoms. The van der Waals surface area contributed by atoms with Crippen molar-refractivity contribution in [3.63, 3.8) is 0 Å². The molecule has 138 valence electrons. The van der Waals surface area contributed by atoms with Gasteiger partial charge in [0, 0.05) is 11.9 Å². The Bertz CT molecular complexity index is 1140. The first-order valence-corrected chi connectivity index (χ1v) is 9.26. The van der Waals surface area contributed by atoms with Crippen molar-refractivity contribution in [3.8, 4) is 11.5 Å². The fraction of sp³-hybridized carbons (Fsp3) is 0.263. The molecule has 1 N–H and O–H groups in total. The summed E-state index contributed by atoms with van der Waals surface area (Å²) in [6.07, 6.45) is 1.58. The van der Waals surface area contributed by atoms with E-state index in [2.05, 4.69) is 32.4 Å². The van der Waals surface area contributed by atoms with Gasteiger partial charge in [0.25, 0.3) is 0 Å². The first-order valence-electron chi connectivity index (χ1n) is 8.44. The van der Waals surface area contributed by atoms with Gasteiger partial charge in [-0.15, -0.1) is 16.4 Å². The van der Waals surface area contributed by atoms with Gasteiger partial charge in [0.2, 0.25) is 0 Å². The molecule has 1 aromatic carbocycles. The average molecular weight is 381 g/mol. The number of methoxy groups -OCH3 is 2. The number of nitrogens with one attached hydrogen (secondary N) is 1. The highest BCUT2D eigenvalue weighted by Gasteiger charge is 2.16. The second-order valence-corrected chi connectivity index (χ2v) is 7.13. The molecule has 0 unspecified atom stereocenters. The van der Waals surface area contributed by atoms with Crippen LogP contribution in [0.25, 0.3) is 20.4 Å². The smallest absolute Gasteiger partial charge is 0.161 e. The van der Waals surface area contributed by atoms with E-state index < -0.39 is 0 Å². The van der Waals surface area contributed by atoms with E-state index in [4.69, 9.17) is 9.47 Å². The third kappa shape index (κ3) is 3.02. The first kappa shape index (κ1) is 17.4. The number of aryl methyl sites for hydroxylation is 2. The molecule has 8 heteroatoms. The molecule has 4 aromatic rings. The lowest BCUT2D eigenvalue weighted by Gasteiger charge is -2.11. The Kier molecular flexibility index (Phi) is 4.49. The van der Waals surface area contributed by atoms with Crippen LogP contribution in [0.1, 0.15) is 16.8 Å². The van der Waals surface area contributed by atoms with Crippen LogP contribution in [0.15, 0.2) is 24.5 Å². The predicted octanol–water partition coefficient (Wildman–Crippen LogP) is 3.88. The summed E-state index contributed by atoms with van der Waals surface area (Å²) in [4.78, 5) is 9.80. The molecule has 27 heavy (non-hydrogen) atoms. The number of fused-ring (bicyclic) bond motifs is 3. The zero-order chi connectivity index (χ0) is 19.0. The van der Waals surface area contributed by atoms with Crippen molar-refractivity contribution in [1.82, 2.24) is 20.2 Å². The number of aromatic nitrogens is 4. The Morgan fingerprint density at radius 1 is 1.04 bits per heavy atom. The largest absolute Gasteiger partial charge is 0.493 e. The van der Waals surface area contributed by atoms with Crippen molar-refractivity contribution in [1.29, 1.82) is 0 Å². The van der Waals surface area contributed by atoms with Crippen LogP contribution < -0.4 is 14.8 Å². The van der Waals surface area contributed by atoms with Gasteiger partial charge in [-0.05, 0) is 37.1 Å². The van der Waals surface area contributed by atoms with E-state index in [1.807, 2.05) is 25.1 Å². The van der Waals surface area contributed by atoms with Crippen LogP contribution in [0.5, 0.6) is 11.5 Å². The fourth-order valence-electron chi connectivity index (χ4n) is 2.98. The molecule has 0 aliphatic rings. The third-order valence-electron chi connectivity index (χ3n) is 4.57. The molecule has 7 nitrogen and oxygen atoms in total. The second kappa shape index (κ2) is 6.96. The number of nitrogens with zero attached hydrogens (tertiary/aromatic N) is 4. The van der Waals surface area contributed by atoms with Crippen molar-refractivity contribution < 1.29 is 9.47 Å². The topological polar surface area (TPSA) is 82.0 Å². The Morgan fingerprint density at radius 2 is 1.85 bits per heavy atom. The number of anilines is 1. The number of thiophene rings is 1. The molecule has 0 radical (unpaired) electrons. The van der Waals surface area contributed by atoms with Crippen LogP contribution in [-0.2, 0) is 6.54 Å². The SMILES string of the molecule is COc1ccc(CNc2ncnc3c2sc2nnc(C)c(C)c23)cc1OC. The van der Waals surface area contributed by atoms with Gasteiger partial charge in [-0.25, -0.2) is 9.97 Å². The molecule has 0 aliphatic heterocycles. The summed E-state index contributed by atoms with van der Waals surface area (Å²) in [7, 11) is 3.26. The van der Waals surface area contributed by atoms with Crippen LogP contribution in [0.4, 0.5) is 5.82 Å². The van der Waals surface area contributed by atoms with E-state index >= 15 is 0 Å². The van der Waals surface area contributed by atoms with Crippen LogP contribution in [-0.4, -0.2) is 34.4 Å². The summed E-state index contributed by atoms with van der Waals surface area (Å²) < 4.78 is 11.6. The highest BCUT2D eigenvalue weighted by Crippen LogP contribution is 2.36. The van der Waals surface area contributed by atoms with Gasteiger partial charge in [-0.1, -0.05) is 6.07 Å². The van der Waals surface area contributed by atoms with Crippen LogP contribution in [0.2, 0.25) is 0 Å². The van der Waals surface area contributed by atoms with E-state index in [9.17, 15) is 0 Å². The maximum absolute atomic E-state index is 5.37. The number of ether oxygens (including phenoxy) is 2. The zero-order valence-corrected chi connectivity index (χ0v) is 16.3. The molecule has 3 aromatic heterocycles. The molecular weight excluding hydrogens is 362 g/mol. The number of rotatable bonds is 5. The second-order valence-electron chi connectivity index (χ2n) is 6.14. The molecule has 3 heterocycles. The maximum Gasteiger partial charge on any atom is 0.161 e. The van der Waals surface area contributed by atoms with Gasteiger partial charge in [-0.3, -0.25) is 0 Å². The van der Waals surface area contributed by atoms with Crippen molar-refractivity contribution in [2.45, 2.75) is 20.4 Å². The quantitative estimate of drug-likeness (QED) is 0.562. The molecule has 0 atom stereocenters. The predicted molar refractivity (Wildman–Crippen MR) is 107 cm³/mol. The minimum absolute atomic E-state index is 0.602. The van der Waals surface area contributed by atoms with E-state index in [-0.39, 0.29) is 0 Å². The highest BCUT2D eigenvalue weighted by molar-refractivity contribution is 7.25. The average Bonchev–Trinajstić information content (AvgIpc) is 3.08. The third-order valence-corrected chi connectivity index (χ3v) is 5.64. The standard InChI is InChI=1S/C19H19N5O2S/c1-10-11(2)23-24-19-15(10)16-17(27-19)18(22-9-21-16)20-8-12-5-6-13(25-3)14(7-12)26-4/h5-7,9H,8H2,1-4H3,(H,20,21,22). The Labute approximate surface area is 160 Å². The van der Waals surface area contributed by atoms with E-state index in [1.54, 1.807) is 31.9 Å². The summed E-state index contributed by atoms with van der Waals surface area (Å²) in [5.74, 6) is 2.20. The molecule has 0 amide bonds. The number of hydrogen-bond donors (Lipinski definition) is 1. The summed E-state index contributed by atoms with van der Waals surface area (Å²) >= 11 is 1.55.